The van der Waals surface area contributed by atoms with Crippen molar-refractivity contribution in [2.75, 3.05) is 10.6 Å². The highest BCUT2D eigenvalue weighted by Crippen LogP contribution is 2.30. The molecular formula is C20H20F4N2O2S. The molecule has 0 radical (unpaired) electrons. The third kappa shape index (κ3) is 5.96. The fourth-order valence-electron chi connectivity index (χ4n) is 2.47. The van der Waals surface area contributed by atoms with E-state index in [1.165, 1.54) is 0 Å². The second-order valence-corrected chi connectivity index (χ2v) is 7.45. The maximum absolute atomic E-state index is 13.8. The molecule has 2 N–H and O–H groups in total. The van der Waals surface area contributed by atoms with Crippen molar-refractivity contribution in [3.05, 3.63) is 53.6 Å². The van der Waals surface area contributed by atoms with Gasteiger partial charge in [0.2, 0.25) is 11.8 Å². The van der Waals surface area contributed by atoms with Crippen LogP contribution in [0.5, 0.6) is 0 Å². The van der Waals surface area contributed by atoms with Gasteiger partial charge in [0.05, 0.1) is 5.25 Å². The Bertz CT molecular complexity index is 882. The number of anilines is 2. The summed E-state index contributed by atoms with van der Waals surface area (Å²) in [5.41, 5.74) is -0.611. The lowest BCUT2D eigenvalue weighted by Gasteiger charge is -2.16. The number of hydrogen-bond donors (Lipinski definition) is 2. The first-order chi connectivity index (χ1) is 13.8. The van der Waals surface area contributed by atoms with Crippen molar-refractivity contribution in [1.82, 2.24) is 0 Å². The number of carbonyl (C=O) groups excluding carboxylic acids is 2. The van der Waals surface area contributed by atoms with Gasteiger partial charge in [0.1, 0.15) is 5.69 Å². The van der Waals surface area contributed by atoms with E-state index in [4.69, 9.17) is 0 Å². The average molecular weight is 428 g/mol. The predicted octanol–water partition coefficient (Wildman–Crippen LogP) is 5.49. The Labute approximate surface area is 170 Å². The molecule has 0 bridgehead atoms. The Morgan fingerprint density at radius 2 is 1.66 bits per heavy atom. The van der Waals surface area contributed by atoms with E-state index in [9.17, 15) is 27.2 Å². The van der Waals surface area contributed by atoms with Crippen LogP contribution >= 0.6 is 11.8 Å². The summed E-state index contributed by atoms with van der Waals surface area (Å²) in [7, 11) is 0. The van der Waals surface area contributed by atoms with Crippen LogP contribution in [-0.2, 0) is 9.59 Å². The van der Waals surface area contributed by atoms with E-state index < -0.39 is 40.1 Å². The number of benzene rings is 2. The number of rotatable bonds is 8. The molecule has 0 aromatic heterocycles. The Balaban J connectivity index is 2.15. The number of hydrogen-bond acceptors (Lipinski definition) is 3. The highest BCUT2D eigenvalue weighted by Gasteiger charge is 2.25. The van der Waals surface area contributed by atoms with Gasteiger partial charge in [0, 0.05) is 23.1 Å². The van der Waals surface area contributed by atoms with Crippen molar-refractivity contribution >= 4 is 35.0 Å². The number of thioether (sulfide) groups is 1. The van der Waals surface area contributed by atoms with Gasteiger partial charge < -0.3 is 10.6 Å². The molecule has 4 nitrogen and oxygen atoms in total. The van der Waals surface area contributed by atoms with E-state index in [0.717, 1.165) is 11.8 Å². The first-order valence-corrected chi connectivity index (χ1v) is 9.85. The Morgan fingerprint density at radius 3 is 2.24 bits per heavy atom. The molecule has 9 heteroatoms. The van der Waals surface area contributed by atoms with Crippen molar-refractivity contribution in [2.45, 2.75) is 43.3 Å². The molecule has 0 spiro atoms. The second-order valence-electron chi connectivity index (χ2n) is 6.17. The molecule has 0 fully saturated rings. The van der Waals surface area contributed by atoms with Crippen LogP contribution in [0, 0.1) is 23.3 Å². The van der Waals surface area contributed by atoms with Gasteiger partial charge in [-0.2, -0.15) is 0 Å². The molecule has 0 saturated carbocycles. The number of nitrogens with one attached hydrogen (secondary N) is 2. The molecule has 2 aromatic carbocycles. The number of halogens is 4. The molecule has 0 aliphatic carbocycles. The summed E-state index contributed by atoms with van der Waals surface area (Å²) in [6.07, 6.45) is 1.36. The van der Waals surface area contributed by atoms with E-state index in [0.29, 0.717) is 23.4 Å². The van der Waals surface area contributed by atoms with E-state index in [1.807, 2.05) is 12.2 Å². The van der Waals surface area contributed by atoms with Gasteiger partial charge in [-0.25, -0.2) is 17.6 Å². The van der Waals surface area contributed by atoms with Crippen molar-refractivity contribution in [2.24, 2.45) is 0 Å². The quantitative estimate of drug-likeness (QED) is 0.332. The molecule has 1 atom stereocenters. The minimum absolute atomic E-state index is 0.0741. The summed E-state index contributed by atoms with van der Waals surface area (Å²) < 4.78 is 54.2. The van der Waals surface area contributed by atoms with Gasteiger partial charge in [-0.05, 0) is 31.0 Å². The van der Waals surface area contributed by atoms with Crippen LogP contribution in [0.25, 0.3) is 0 Å². The van der Waals surface area contributed by atoms with Crippen LogP contribution in [0.1, 0.15) is 33.1 Å². The SMILES string of the molecule is CCCC(=O)Nc1cccc(SC(CC)C(=O)Nc2c(F)c(F)cc(F)c2F)c1. The molecule has 2 aromatic rings. The maximum atomic E-state index is 13.8. The molecule has 0 heterocycles. The van der Waals surface area contributed by atoms with Gasteiger partial charge in [0.25, 0.3) is 0 Å². The minimum Gasteiger partial charge on any atom is -0.326 e. The molecule has 1 unspecified atom stereocenters. The summed E-state index contributed by atoms with van der Waals surface area (Å²) in [5.74, 6) is -7.49. The third-order valence-corrected chi connectivity index (χ3v) is 5.25. The number of amides is 2. The third-order valence-electron chi connectivity index (χ3n) is 3.90. The smallest absolute Gasteiger partial charge is 0.238 e. The van der Waals surface area contributed by atoms with Crippen LogP contribution in [-0.4, -0.2) is 17.1 Å². The fourth-order valence-corrected chi connectivity index (χ4v) is 3.48. The Morgan fingerprint density at radius 1 is 1.00 bits per heavy atom. The summed E-state index contributed by atoms with van der Waals surface area (Å²) in [6, 6.07) is 6.83. The van der Waals surface area contributed by atoms with Gasteiger partial charge in [-0.1, -0.05) is 19.9 Å². The predicted molar refractivity (Wildman–Crippen MR) is 105 cm³/mol. The zero-order valence-electron chi connectivity index (χ0n) is 15.8. The van der Waals surface area contributed by atoms with E-state index in [-0.39, 0.29) is 18.4 Å². The van der Waals surface area contributed by atoms with E-state index in [2.05, 4.69) is 5.32 Å². The van der Waals surface area contributed by atoms with Crippen LogP contribution < -0.4 is 10.6 Å². The van der Waals surface area contributed by atoms with Crippen LogP contribution in [0.3, 0.4) is 0 Å². The first kappa shape index (κ1) is 22.7. The molecule has 0 aliphatic heterocycles. The van der Waals surface area contributed by atoms with Crippen LogP contribution in [0.2, 0.25) is 0 Å². The molecule has 0 aliphatic rings. The maximum Gasteiger partial charge on any atom is 0.238 e. The average Bonchev–Trinajstić information content (AvgIpc) is 2.68. The van der Waals surface area contributed by atoms with E-state index in [1.54, 1.807) is 31.2 Å². The van der Waals surface area contributed by atoms with Crippen LogP contribution in [0.15, 0.2) is 35.2 Å². The number of carbonyl (C=O) groups is 2. The fraction of sp³-hybridized carbons (Fsp3) is 0.300. The van der Waals surface area contributed by atoms with Gasteiger partial charge in [0.15, 0.2) is 23.3 Å². The highest BCUT2D eigenvalue weighted by molar-refractivity contribution is 8.00. The van der Waals surface area contributed by atoms with Gasteiger partial charge in [-0.3, -0.25) is 9.59 Å². The minimum atomic E-state index is -1.67. The lowest BCUT2D eigenvalue weighted by Crippen LogP contribution is -2.26. The zero-order chi connectivity index (χ0) is 21.6. The summed E-state index contributed by atoms with van der Waals surface area (Å²) >= 11 is 1.10. The van der Waals surface area contributed by atoms with Crippen molar-refractivity contribution in [3.8, 4) is 0 Å². The van der Waals surface area contributed by atoms with Crippen LogP contribution in [0.4, 0.5) is 28.9 Å². The van der Waals surface area contributed by atoms with E-state index >= 15 is 0 Å². The zero-order valence-corrected chi connectivity index (χ0v) is 16.6. The van der Waals surface area contributed by atoms with Gasteiger partial charge >= 0.3 is 0 Å². The monoisotopic (exact) mass is 428 g/mol. The molecule has 29 heavy (non-hydrogen) atoms. The highest BCUT2D eigenvalue weighted by atomic mass is 32.2. The molecule has 2 amide bonds. The second kappa shape index (κ2) is 10.3. The largest absolute Gasteiger partial charge is 0.326 e. The Hall–Kier alpha value is -2.55. The Kier molecular flexibility index (Phi) is 8.07. The lowest BCUT2D eigenvalue weighted by atomic mass is 10.2. The standard InChI is InChI=1S/C20H20F4N2O2S/c1-3-6-16(27)25-11-7-5-8-12(9-11)29-15(4-2)20(28)26-19-17(23)13(21)10-14(22)18(19)24/h5,7-10,15H,3-4,6H2,1-2H3,(H,25,27)(H,26,28). The lowest BCUT2D eigenvalue weighted by molar-refractivity contribution is -0.116. The molecule has 0 saturated heterocycles. The summed E-state index contributed by atoms with van der Waals surface area (Å²) in [4.78, 5) is 24.8. The topological polar surface area (TPSA) is 58.2 Å². The van der Waals surface area contributed by atoms with Crippen molar-refractivity contribution in [1.29, 1.82) is 0 Å². The molecule has 2 rings (SSSR count). The summed E-state index contributed by atoms with van der Waals surface area (Å²) in [6.45, 7) is 3.56. The normalized spacial score (nSPS) is 11.8. The molecular weight excluding hydrogens is 408 g/mol. The van der Waals surface area contributed by atoms with Crippen molar-refractivity contribution in [3.63, 3.8) is 0 Å². The molecule has 156 valence electrons. The van der Waals surface area contributed by atoms with Gasteiger partial charge in [-0.15, -0.1) is 11.8 Å². The van der Waals surface area contributed by atoms with Crippen molar-refractivity contribution < 1.29 is 27.2 Å². The summed E-state index contributed by atoms with van der Waals surface area (Å²) in [5, 5.41) is 3.88. The first-order valence-electron chi connectivity index (χ1n) is 8.97.